The fourth-order valence-electron chi connectivity index (χ4n) is 3.22. The van der Waals surface area contributed by atoms with Crippen LogP contribution in [0.5, 0.6) is 0 Å². The van der Waals surface area contributed by atoms with E-state index < -0.39 is 23.6 Å². The molecule has 0 amide bonds. The molecular weight excluding hydrogens is 394 g/mol. The molecule has 0 fully saturated rings. The van der Waals surface area contributed by atoms with Gasteiger partial charge in [-0.1, -0.05) is 10.8 Å². The van der Waals surface area contributed by atoms with Gasteiger partial charge in [-0.2, -0.15) is 0 Å². The molecular formula is C17H20F2N4O2S2. The number of hydrogen-bond acceptors (Lipinski definition) is 6. The Labute approximate surface area is 163 Å². The summed E-state index contributed by atoms with van der Waals surface area (Å²) in [5, 5.41) is 9.56. The lowest BCUT2D eigenvalue weighted by Gasteiger charge is -2.28. The standard InChI is InChI=1S/C17H20F2N4O2S2/c18-10-3-9-4-11(1-2-13(9)14(19)5-10)23-12(6-20)7-22-17(23)27-26-8-15(21)16(24)25/h3,5,7,11,15H,1-2,4,6,8,20-21H2,(H,24,25)/t11?,15-/m0/s1. The number of rotatable bonds is 7. The second-order valence-electron chi connectivity index (χ2n) is 6.34. The van der Waals surface area contributed by atoms with Gasteiger partial charge in [-0.3, -0.25) is 4.79 Å². The minimum absolute atomic E-state index is 0.0176. The fourth-order valence-corrected chi connectivity index (χ4v) is 5.45. The molecule has 3 rings (SSSR count). The number of carbonyl (C=O) groups is 1. The number of fused-ring (bicyclic) bond motifs is 1. The van der Waals surface area contributed by atoms with Crippen LogP contribution in [0.25, 0.3) is 0 Å². The summed E-state index contributed by atoms with van der Waals surface area (Å²) in [6.45, 7) is 0.285. The van der Waals surface area contributed by atoms with Crippen LogP contribution >= 0.6 is 21.6 Å². The number of imidazole rings is 1. The maximum Gasteiger partial charge on any atom is 0.321 e. The first-order valence-electron chi connectivity index (χ1n) is 8.41. The summed E-state index contributed by atoms with van der Waals surface area (Å²) in [5.74, 6) is -1.90. The number of carboxylic acids is 1. The van der Waals surface area contributed by atoms with E-state index in [-0.39, 0.29) is 18.3 Å². The lowest BCUT2D eigenvalue weighted by Crippen LogP contribution is -2.32. The third kappa shape index (κ3) is 4.45. The van der Waals surface area contributed by atoms with Gasteiger partial charge in [-0.25, -0.2) is 13.8 Å². The Bertz CT molecular complexity index is 847. The maximum absolute atomic E-state index is 14.0. The lowest BCUT2D eigenvalue weighted by atomic mass is 9.87. The predicted molar refractivity (Wildman–Crippen MR) is 101 cm³/mol. The predicted octanol–water partition coefficient (Wildman–Crippen LogP) is 2.50. The highest BCUT2D eigenvalue weighted by atomic mass is 33.1. The average Bonchev–Trinajstić information content (AvgIpc) is 3.03. The zero-order chi connectivity index (χ0) is 19.6. The molecule has 5 N–H and O–H groups in total. The van der Waals surface area contributed by atoms with Crippen molar-refractivity contribution in [1.29, 1.82) is 0 Å². The quantitative estimate of drug-likeness (QED) is 0.598. The average molecular weight is 415 g/mol. The number of nitrogens with zero attached hydrogens (tertiary/aromatic N) is 2. The topological polar surface area (TPSA) is 107 Å². The molecule has 0 radical (unpaired) electrons. The van der Waals surface area contributed by atoms with Gasteiger partial charge < -0.3 is 21.1 Å². The molecule has 0 bridgehead atoms. The second kappa shape index (κ2) is 8.59. The van der Waals surface area contributed by atoms with Gasteiger partial charge in [0.05, 0.1) is 11.9 Å². The summed E-state index contributed by atoms with van der Waals surface area (Å²) in [4.78, 5) is 15.2. The molecule has 27 heavy (non-hydrogen) atoms. The Balaban J connectivity index is 1.79. The van der Waals surface area contributed by atoms with E-state index in [9.17, 15) is 13.6 Å². The lowest BCUT2D eigenvalue weighted by molar-refractivity contribution is -0.137. The zero-order valence-corrected chi connectivity index (χ0v) is 16.0. The zero-order valence-electron chi connectivity index (χ0n) is 14.4. The van der Waals surface area contributed by atoms with Gasteiger partial charge >= 0.3 is 5.97 Å². The van der Waals surface area contributed by atoms with E-state index in [2.05, 4.69) is 4.98 Å². The van der Waals surface area contributed by atoms with E-state index in [4.69, 9.17) is 16.6 Å². The fraction of sp³-hybridized carbons (Fsp3) is 0.412. The molecule has 0 saturated carbocycles. The summed E-state index contributed by atoms with van der Waals surface area (Å²) in [6.07, 6.45) is 3.36. The number of carboxylic acid groups (broad SMARTS) is 1. The molecule has 0 saturated heterocycles. The van der Waals surface area contributed by atoms with Crippen LogP contribution in [-0.2, 0) is 24.2 Å². The van der Waals surface area contributed by atoms with Crippen molar-refractivity contribution >= 4 is 27.6 Å². The number of halogens is 2. The van der Waals surface area contributed by atoms with Crippen molar-refractivity contribution in [1.82, 2.24) is 9.55 Å². The van der Waals surface area contributed by atoms with Crippen molar-refractivity contribution in [3.63, 3.8) is 0 Å². The van der Waals surface area contributed by atoms with E-state index in [0.29, 0.717) is 35.5 Å². The molecule has 10 heteroatoms. The number of aliphatic carboxylic acids is 1. The Morgan fingerprint density at radius 1 is 1.44 bits per heavy atom. The summed E-state index contributed by atoms with van der Waals surface area (Å²) in [5.41, 5.74) is 13.4. The second-order valence-corrected chi connectivity index (χ2v) is 8.65. The van der Waals surface area contributed by atoms with E-state index in [1.807, 2.05) is 4.57 Å². The molecule has 2 atom stereocenters. The monoisotopic (exact) mass is 414 g/mol. The first kappa shape index (κ1) is 20.1. The largest absolute Gasteiger partial charge is 0.480 e. The summed E-state index contributed by atoms with van der Waals surface area (Å²) < 4.78 is 29.6. The number of nitrogens with two attached hydrogens (primary N) is 2. The van der Waals surface area contributed by atoms with Gasteiger partial charge in [0.15, 0.2) is 5.16 Å². The highest BCUT2D eigenvalue weighted by molar-refractivity contribution is 8.76. The number of aromatic nitrogens is 2. The van der Waals surface area contributed by atoms with E-state index in [1.54, 1.807) is 6.20 Å². The van der Waals surface area contributed by atoms with Gasteiger partial charge in [0.25, 0.3) is 0 Å². The highest BCUT2D eigenvalue weighted by Gasteiger charge is 2.27. The Hall–Kier alpha value is -1.62. The Morgan fingerprint density at radius 3 is 2.93 bits per heavy atom. The highest BCUT2D eigenvalue weighted by Crippen LogP contribution is 2.37. The number of benzene rings is 1. The van der Waals surface area contributed by atoms with Crippen molar-refractivity contribution < 1.29 is 18.7 Å². The maximum atomic E-state index is 14.0. The van der Waals surface area contributed by atoms with Gasteiger partial charge in [0, 0.05) is 24.4 Å². The van der Waals surface area contributed by atoms with Crippen LogP contribution in [0.4, 0.5) is 8.78 Å². The smallest absolute Gasteiger partial charge is 0.321 e. The van der Waals surface area contributed by atoms with Crippen LogP contribution in [-0.4, -0.2) is 32.4 Å². The molecule has 0 spiro atoms. The van der Waals surface area contributed by atoms with Crippen molar-refractivity contribution in [3.05, 3.63) is 46.8 Å². The van der Waals surface area contributed by atoms with Gasteiger partial charge in [-0.05, 0) is 47.2 Å². The van der Waals surface area contributed by atoms with Crippen LogP contribution in [0.2, 0.25) is 0 Å². The van der Waals surface area contributed by atoms with Crippen molar-refractivity contribution in [3.8, 4) is 0 Å². The SMILES string of the molecule is NCc1cnc(SSC[C@H](N)C(=O)O)n1C1CCc2c(F)cc(F)cc2C1. The molecule has 1 unspecified atom stereocenters. The van der Waals surface area contributed by atoms with Crippen molar-refractivity contribution in [2.24, 2.45) is 11.5 Å². The summed E-state index contributed by atoms with van der Waals surface area (Å²) in [7, 11) is 2.63. The third-order valence-corrected chi connectivity index (χ3v) is 6.82. The third-order valence-electron chi connectivity index (χ3n) is 4.55. The van der Waals surface area contributed by atoms with Gasteiger partial charge in [0.1, 0.15) is 17.7 Å². The summed E-state index contributed by atoms with van der Waals surface area (Å²) in [6, 6.07) is 1.34. The van der Waals surface area contributed by atoms with Crippen LogP contribution in [0.15, 0.2) is 23.5 Å². The number of hydrogen-bond donors (Lipinski definition) is 3. The van der Waals surface area contributed by atoms with Crippen LogP contribution in [0.3, 0.4) is 0 Å². The molecule has 0 aliphatic heterocycles. The van der Waals surface area contributed by atoms with Crippen LogP contribution < -0.4 is 11.5 Å². The van der Waals surface area contributed by atoms with E-state index in [0.717, 1.165) is 11.8 Å². The van der Waals surface area contributed by atoms with Gasteiger partial charge in [-0.15, -0.1) is 0 Å². The minimum Gasteiger partial charge on any atom is -0.480 e. The van der Waals surface area contributed by atoms with Crippen molar-refractivity contribution in [2.75, 3.05) is 5.75 Å². The van der Waals surface area contributed by atoms with Crippen LogP contribution in [0, 0.1) is 11.6 Å². The van der Waals surface area contributed by atoms with E-state index >= 15 is 0 Å². The first-order chi connectivity index (χ1) is 12.9. The minimum atomic E-state index is -1.05. The summed E-state index contributed by atoms with van der Waals surface area (Å²) >= 11 is 0. The molecule has 1 aromatic heterocycles. The van der Waals surface area contributed by atoms with E-state index in [1.165, 1.54) is 27.7 Å². The van der Waals surface area contributed by atoms with Crippen LogP contribution in [0.1, 0.15) is 29.3 Å². The molecule has 2 aromatic rings. The van der Waals surface area contributed by atoms with Crippen molar-refractivity contribution in [2.45, 2.75) is 43.0 Å². The molecule has 1 aliphatic rings. The molecule has 6 nitrogen and oxygen atoms in total. The molecule has 1 aliphatic carbocycles. The Morgan fingerprint density at radius 2 is 2.22 bits per heavy atom. The molecule has 1 heterocycles. The Kier molecular flexibility index (Phi) is 6.40. The molecule has 1 aromatic carbocycles. The molecule has 146 valence electrons. The first-order valence-corrected chi connectivity index (χ1v) is 10.7. The van der Waals surface area contributed by atoms with Gasteiger partial charge in [0.2, 0.25) is 0 Å². The normalized spacial score (nSPS) is 17.6.